The van der Waals surface area contributed by atoms with Crippen LogP contribution in [0.4, 0.5) is 5.69 Å². The number of rotatable bonds is 3. The van der Waals surface area contributed by atoms with Crippen LogP contribution in [-0.4, -0.2) is 10.9 Å². The van der Waals surface area contributed by atoms with Crippen molar-refractivity contribution in [3.8, 4) is 0 Å². The minimum Gasteiger partial charge on any atom is -0.324 e. The van der Waals surface area contributed by atoms with Crippen LogP contribution < -0.4 is 5.32 Å². The van der Waals surface area contributed by atoms with Gasteiger partial charge < -0.3 is 5.32 Å². The molecule has 1 aliphatic rings. The topological polar surface area (TPSA) is 42.0 Å². The number of amides is 1. The highest BCUT2D eigenvalue weighted by molar-refractivity contribution is 6.29. The number of carbonyl (C=O) groups excluding carboxylic acids is 1. The molecule has 86 valence electrons. The predicted molar refractivity (Wildman–Crippen MR) is 64.5 cm³/mol. The fourth-order valence-electron chi connectivity index (χ4n) is 1.72. The molecule has 1 unspecified atom stereocenters. The Morgan fingerprint density at radius 3 is 2.81 bits per heavy atom. The second-order valence-electron chi connectivity index (χ2n) is 4.38. The van der Waals surface area contributed by atoms with Gasteiger partial charge in [-0.05, 0) is 37.8 Å². The number of aromatic nitrogens is 1. The van der Waals surface area contributed by atoms with Gasteiger partial charge >= 0.3 is 0 Å². The molecule has 0 spiro atoms. The zero-order valence-electron chi connectivity index (χ0n) is 9.46. The summed E-state index contributed by atoms with van der Waals surface area (Å²) in [6, 6.07) is 3.48. The lowest BCUT2D eigenvalue weighted by Crippen LogP contribution is -2.22. The molecule has 0 saturated heterocycles. The second kappa shape index (κ2) is 4.42. The first-order valence-electron chi connectivity index (χ1n) is 5.52. The molecule has 1 aliphatic carbocycles. The number of halogens is 1. The van der Waals surface area contributed by atoms with Crippen LogP contribution in [-0.2, 0) is 4.79 Å². The van der Waals surface area contributed by atoms with Crippen molar-refractivity contribution in [2.24, 2.45) is 11.8 Å². The molecule has 3 nitrogen and oxygen atoms in total. The summed E-state index contributed by atoms with van der Waals surface area (Å²) >= 11 is 5.75. The van der Waals surface area contributed by atoms with E-state index in [4.69, 9.17) is 11.6 Å². The Morgan fingerprint density at radius 2 is 2.25 bits per heavy atom. The quantitative estimate of drug-likeness (QED) is 0.823. The van der Waals surface area contributed by atoms with Crippen molar-refractivity contribution < 1.29 is 4.79 Å². The molecule has 1 atom stereocenters. The summed E-state index contributed by atoms with van der Waals surface area (Å²) in [4.78, 5) is 16.0. The third-order valence-electron chi connectivity index (χ3n) is 3.05. The van der Waals surface area contributed by atoms with Gasteiger partial charge in [0.1, 0.15) is 5.15 Å². The van der Waals surface area contributed by atoms with Crippen LogP contribution >= 0.6 is 11.6 Å². The first-order chi connectivity index (χ1) is 7.58. The molecule has 1 aromatic rings. The van der Waals surface area contributed by atoms with Gasteiger partial charge in [0.2, 0.25) is 5.91 Å². The van der Waals surface area contributed by atoms with Crippen LogP contribution in [0.1, 0.15) is 25.5 Å². The van der Waals surface area contributed by atoms with Gasteiger partial charge in [-0.25, -0.2) is 4.98 Å². The van der Waals surface area contributed by atoms with Gasteiger partial charge in [0.05, 0.1) is 11.4 Å². The van der Waals surface area contributed by atoms with Crippen LogP contribution in [0, 0.1) is 18.8 Å². The number of anilines is 1. The Bertz CT molecular complexity index is 415. The van der Waals surface area contributed by atoms with E-state index in [9.17, 15) is 4.79 Å². The van der Waals surface area contributed by atoms with Crippen LogP contribution in [0.25, 0.3) is 0 Å². The number of hydrogen-bond acceptors (Lipinski definition) is 2. The monoisotopic (exact) mass is 238 g/mol. The van der Waals surface area contributed by atoms with Crippen molar-refractivity contribution in [1.82, 2.24) is 4.98 Å². The SMILES string of the molecule is Cc1nc(Cl)ccc1NC(=O)C(C)C1CC1. The Morgan fingerprint density at radius 1 is 1.56 bits per heavy atom. The standard InChI is InChI=1S/C12H15ClN2O/c1-7(9-3-4-9)12(16)15-10-5-6-11(13)14-8(10)2/h5-7,9H,3-4H2,1-2H3,(H,15,16). The maximum Gasteiger partial charge on any atom is 0.227 e. The molecule has 0 radical (unpaired) electrons. The van der Waals surface area contributed by atoms with Crippen LogP contribution in [0.15, 0.2) is 12.1 Å². The van der Waals surface area contributed by atoms with E-state index in [1.807, 2.05) is 13.8 Å². The minimum absolute atomic E-state index is 0.0784. The smallest absolute Gasteiger partial charge is 0.227 e. The third-order valence-corrected chi connectivity index (χ3v) is 3.26. The molecular formula is C12H15ClN2O. The highest BCUT2D eigenvalue weighted by atomic mass is 35.5. The summed E-state index contributed by atoms with van der Waals surface area (Å²) in [7, 11) is 0. The van der Waals surface area contributed by atoms with Gasteiger partial charge in [-0.1, -0.05) is 18.5 Å². The summed E-state index contributed by atoms with van der Waals surface area (Å²) in [5, 5.41) is 3.35. The van der Waals surface area contributed by atoms with Crippen LogP contribution in [0.3, 0.4) is 0 Å². The molecule has 2 rings (SSSR count). The van der Waals surface area contributed by atoms with Gasteiger partial charge in [0, 0.05) is 5.92 Å². The Hall–Kier alpha value is -1.09. The van der Waals surface area contributed by atoms with Gasteiger partial charge in [-0.3, -0.25) is 4.79 Å². The molecular weight excluding hydrogens is 224 g/mol. The Kier molecular flexibility index (Phi) is 3.15. The summed E-state index contributed by atoms with van der Waals surface area (Å²) in [5.74, 6) is 0.741. The number of carbonyl (C=O) groups is 1. The van der Waals surface area contributed by atoms with Crippen molar-refractivity contribution in [3.05, 3.63) is 23.0 Å². The summed E-state index contributed by atoms with van der Waals surface area (Å²) < 4.78 is 0. The lowest BCUT2D eigenvalue weighted by molar-refractivity contribution is -0.119. The largest absolute Gasteiger partial charge is 0.324 e. The lowest BCUT2D eigenvalue weighted by atomic mass is 10.1. The van der Waals surface area contributed by atoms with Crippen LogP contribution in [0.2, 0.25) is 5.15 Å². The lowest BCUT2D eigenvalue weighted by Gasteiger charge is -2.12. The molecule has 0 bridgehead atoms. The van der Waals surface area contributed by atoms with Crippen molar-refractivity contribution in [2.75, 3.05) is 5.32 Å². The average molecular weight is 239 g/mol. The summed E-state index contributed by atoms with van der Waals surface area (Å²) in [6.07, 6.45) is 2.35. The van der Waals surface area contributed by atoms with Crippen molar-refractivity contribution in [3.63, 3.8) is 0 Å². The molecule has 0 aliphatic heterocycles. The summed E-state index contributed by atoms with van der Waals surface area (Å²) in [6.45, 7) is 3.81. The third kappa shape index (κ3) is 2.53. The fraction of sp³-hybridized carbons (Fsp3) is 0.500. The highest BCUT2D eigenvalue weighted by Crippen LogP contribution is 2.37. The minimum atomic E-state index is 0.0784. The predicted octanol–water partition coefficient (Wildman–Crippen LogP) is 3.03. The van der Waals surface area contributed by atoms with Gasteiger partial charge in [-0.15, -0.1) is 0 Å². The molecule has 4 heteroatoms. The number of aryl methyl sites for hydroxylation is 1. The second-order valence-corrected chi connectivity index (χ2v) is 4.77. The molecule has 1 saturated carbocycles. The van der Waals surface area contributed by atoms with Gasteiger partial charge in [-0.2, -0.15) is 0 Å². The van der Waals surface area contributed by atoms with E-state index >= 15 is 0 Å². The van der Waals surface area contributed by atoms with E-state index in [0.717, 1.165) is 11.4 Å². The number of nitrogens with one attached hydrogen (secondary N) is 1. The first-order valence-corrected chi connectivity index (χ1v) is 5.89. The zero-order chi connectivity index (χ0) is 11.7. The molecule has 1 aromatic heterocycles. The molecule has 1 N–H and O–H groups in total. The molecule has 1 amide bonds. The van der Waals surface area contributed by atoms with Crippen molar-refractivity contribution >= 4 is 23.2 Å². The first kappa shape index (κ1) is 11.4. The normalized spacial score (nSPS) is 16.9. The highest BCUT2D eigenvalue weighted by Gasteiger charge is 2.32. The van der Waals surface area contributed by atoms with E-state index in [2.05, 4.69) is 10.3 Å². The summed E-state index contributed by atoms with van der Waals surface area (Å²) in [5.41, 5.74) is 1.51. The fourth-order valence-corrected chi connectivity index (χ4v) is 1.91. The molecule has 16 heavy (non-hydrogen) atoms. The molecule has 1 fully saturated rings. The van der Waals surface area contributed by atoms with E-state index < -0.39 is 0 Å². The van der Waals surface area contributed by atoms with Gasteiger partial charge in [0.15, 0.2) is 0 Å². The average Bonchev–Trinajstić information content (AvgIpc) is 3.04. The Balaban J connectivity index is 2.05. The van der Waals surface area contributed by atoms with Crippen molar-refractivity contribution in [2.45, 2.75) is 26.7 Å². The van der Waals surface area contributed by atoms with Crippen LogP contribution in [0.5, 0.6) is 0 Å². The zero-order valence-corrected chi connectivity index (χ0v) is 10.2. The van der Waals surface area contributed by atoms with E-state index in [1.165, 1.54) is 12.8 Å². The Labute approximate surface area is 100 Å². The van der Waals surface area contributed by atoms with E-state index in [0.29, 0.717) is 11.1 Å². The number of pyridine rings is 1. The van der Waals surface area contributed by atoms with E-state index in [1.54, 1.807) is 12.1 Å². The number of nitrogens with zero attached hydrogens (tertiary/aromatic N) is 1. The molecule has 1 heterocycles. The van der Waals surface area contributed by atoms with Crippen molar-refractivity contribution in [1.29, 1.82) is 0 Å². The van der Waals surface area contributed by atoms with E-state index in [-0.39, 0.29) is 11.8 Å². The molecule has 0 aromatic carbocycles. The number of hydrogen-bond donors (Lipinski definition) is 1. The van der Waals surface area contributed by atoms with Gasteiger partial charge in [0.25, 0.3) is 0 Å². The maximum atomic E-state index is 11.9. The maximum absolute atomic E-state index is 11.9.